The van der Waals surface area contributed by atoms with Crippen molar-refractivity contribution in [3.05, 3.63) is 95.2 Å². The number of nitrogens with one attached hydrogen (secondary N) is 1. The van der Waals surface area contributed by atoms with Crippen molar-refractivity contribution >= 4 is 86.7 Å². The number of hydrogen-bond acceptors (Lipinski definition) is 7. The first-order valence-electron chi connectivity index (χ1n) is 12.0. The number of aromatic nitrogens is 2. The Morgan fingerprint density at radius 1 is 0.625 bits per heavy atom. The summed E-state index contributed by atoms with van der Waals surface area (Å²) < 4.78 is 59.3. The highest BCUT2D eigenvalue weighted by Crippen LogP contribution is 2.32. The van der Waals surface area contributed by atoms with Gasteiger partial charge in [0.25, 0.3) is 10.1 Å². The van der Waals surface area contributed by atoms with Crippen LogP contribution in [0.3, 0.4) is 0 Å². The Labute approximate surface area is 239 Å². The molecule has 0 radical (unpaired) electrons. The van der Waals surface area contributed by atoms with Crippen molar-refractivity contribution in [2.24, 2.45) is 0 Å². The Bertz CT molecular complexity index is 2030. The molecule has 6 rings (SSSR count). The first-order chi connectivity index (χ1) is 19.1. The summed E-state index contributed by atoms with van der Waals surface area (Å²) in [6.45, 7) is -0.681. The van der Waals surface area contributed by atoms with Gasteiger partial charge in [-0.05, 0) is 47.2 Å². The van der Waals surface area contributed by atoms with Crippen LogP contribution in [0.4, 0.5) is 0 Å². The SMILES string of the molecule is O=S(=O)(NCCOS(=O)(=O)c1ccc2nc(Cl)c3ccccc3c2c1)c1ccc2nc(Cl)c3ccccc3c2c1. The smallest absolute Gasteiger partial charge is 0.265 e. The van der Waals surface area contributed by atoms with E-state index in [9.17, 15) is 16.8 Å². The molecule has 0 fully saturated rings. The molecule has 8 nitrogen and oxygen atoms in total. The van der Waals surface area contributed by atoms with Gasteiger partial charge in [-0.2, -0.15) is 8.42 Å². The lowest BCUT2D eigenvalue weighted by molar-refractivity contribution is 0.322. The Morgan fingerprint density at radius 3 is 1.65 bits per heavy atom. The highest BCUT2D eigenvalue weighted by atomic mass is 35.5. The van der Waals surface area contributed by atoms with Gasteiger partial charge in [-0.3, -0.25) is 4.18 Å². The molecular formula is C28H19Cl2N3O5S2. The number of fused-ring (bicyclic) bond motifs is 6. The van der Waals surface area contributed by atoms with E-state index in [0.29, 0.717) is 42.9 Å². The van der Waals surface area contributed by atoms with Crippen molar-refractivity contribution in [1.29, 1.82) is 0 Å². The second-order valence-electron chi connectivity index (χ2n) is 8.93. The highest BCUT2D eigenvalue weighted by Gasteiger charge is 2.20. The maximum Gasteiger partial charge on any atom is 0.297 e. The normalized spacial score (nSPS) is 12.6. The highest BCUT2D eigenvalue weighted by molar-refractivity contribution is 7.89. The lowest BCUT2D eigenvalue weighted by atomic mass is 10.1. The summed E-state index contributed by atoms with van der Waals surface area (Å²) in [7, 11) is -8.16. The molecule has 2 aromatic heterocycles. The molecule has 0 aliphatic rings. The number of rotatable bonds is 7. The Kier molecular flexibility index (Phi) is 6.86. The standard InChI is InChI=1S/C28H19Cl2N3O5S2/c29-27-21-7-3-1-5-19(21)23-15-17(9-11-25(23)32-27)39(34,35)31-13-14-38-40(36,37)18-10-12-26-24(16-18)20-6-2-4-8-22(20)28(30)33-26/h1-12,15-16,31H,13-14H2. The molecular weight excluding hydrogens is 593 g/mol. The van der Waals surface area contributed by atoms with Crippen molar-refractivity contribution < 1.29 is 21.0 Å². The van der Waals surface area contributed by atoms with Crippen molar-refractivity contribution in [3.8, 4) is 0 Å². The molecule has 2 heterocycles. The largest absolute Gasteiger partial charge is 0.297 e. The van der Waals surface area contributed by atoms with E-state index in [1.165, 1.54) is 24.3 Å². The third kappa shape index (κ3) is 4.87. The molecule has 0 spiro atoms. The monoisotopic (exact) mass is 611 g/mol. The number of benzene rings is 4. The number of sulfonamides is 1. The predicted octanol–water partition coefficient (Wildman–Crippen LogP) is 6.08. The molecule has 0 aliphatic carbocycles. The van der Waals surface area contributed by atoms with Crippen molar-refractivity contribution in [2.45, 2.75) is 9.79 Å². The van der Waals surface area contributed by atoms with Crippen LogP contribution in [-0.4, -0.2) is 40.0 Å². The van der Waals surface area contributed by atoms with Crippen LogP contribution in [0.2, 0.25) is 10.3 Å². The fourth-order valence-electron chi connectivity index (χ4n) is 4.59. The van der Waals surface area contributed by atoms with E-state index in [1.807, 2.05) is 42.5 Å². The Balaban J connectivity index is 1.20. The molecule has 202 valence electrons. The van der Waals surface area contributed by atoms with Crippen LogP contribution in [0.25, 0.3) is 43.4 Å². The summed E-state index contributed by atoms with van der Waals surface area (Å²) in [5.74, 6) is 0. The van der Waals surface area contributed by atoms with Crippen LogP contribution < -0.4 is 4.72 Å². The fraction of sp³-hybridized carbons (Fsp3) is 0.0714. The van der Waals surface area contributed by atoms with Crippen molar-refractivity contribution in [2.75, 3.05) is 13.2 Å². The van der Waals surface area contributed by atoms with Gasteiger partial charge < -0.3 is 0 Å². The minimum absolute atomic E-state index is 0.00435. The van der Waals surface area contributed by atoms with Gasteiger partial charge in [0.1, 0.15) is 10.3 Å². The zero-order valence-corrected chi connectivity index (χ0v) is 23.7. The third-order valence-corrected chi connectivity index (χ3v) is 9.83. The van der Waals surface area contributed by atoms with Crippen molar-refractivity contribution in [3.63, 3.8) is 0 Å². The van der Waals surface area contributed by atoms with Gasteiger partial charge in [0, 0.05) is 28.1 Å². The summed E-state index contributed by atoms with van der Waals surface area (Å²) in [4.78, 5) is 8.62. The number of halogens is 2. The van der Waals surface area contributed by atoms with E-state index in [-0.39, 0.29) is 16.3 Å². The van der Waals surface area contributed by atoms with Crippen LogP contribution in [-0.2, 0) is 24.3 Å². The first-order valence-corrected chi connectivity index (χ1v) is 15.6. The molecule has 40 heavy (non-hydrogen) atoms. The van der Waals surface area contributed by atoms with E-state index in [1.54, 1.807) is 18.2 Å². The first kappa shape index (κ1) is 26.8. The fourth-order valence-corrected chi connectivity index (χ4v) is 7.07. The van der Waals surface area contributed by atoms with Crippen LogP contribution in [0.5, 0.6) is 0 Å². The van der Waals surface area contributed by atoms with E-state index < -0.39 is 26.7 Å². The van der Waals surface area contributed by atoms with Gasteiger partial charge in [-0.15, -0.1) is 0 Å². The minimum Gasteiger partial charge on any atom is -0.265 e. The molecule has 0 aliphatic heterocycles. The van der Waals surface area contributed by atoms with E-state index >= 15 is 0 Å². The summed E-state index contributed by atoms with van der Waals surface area (Å²) in [5.41, 5.74) is 1.09. The molecule has 1 N–H and O–H groups in total. The summed E-state index contributed by atoms with van der Waals surface area (Å²) in [5, 5.41) is 4.80. The average Bonchev–Trinajstić information content (AvgIpc) is 2.95. The second kappa shape index (κ2) is 10.2. The third-order valence-electron chi connectivity index (χ3n) is 6.48. The number of pyridine rings is 2. The van der Waals surface area contributed by atoms with E-state index in [2.05, 4.69) is 14.7 Å². The molecule has 0 unspecified atom stereocenters. The van der Waals surface area contributed by atoms with Gasteiger partial charge in [0.05, 0.1) is 27.4 Å². The summed E-state index contributed by atoms with van der Waals surface area (Å²) in [6, 6.07) is 23.5. The molecule has 0 atom stereocenters. The van der Waals surface area contributed by atoms with Crippen LogP contribution in [0, 0.1) is 0 Å². The number of nitrogens with zero attached hydrogens (tertiary/aromatic N) is 2. The lowest BCUT2D eigenvalue weighted by Crippen LogP contribution is -2.28. The Hall–Kier alpha value is -3.38. The maximum absolute atomic E-state index is 13.0. The zero-order valence-electron chi connectivity index (χ0n) is 20.5. The van der Waals surface area contributed by atoms with Gasteiger partial charge >= 0.3 is 0 Å². The molecule has 0 bridgehead atoms. The molecule has 4 aromatic carbocycles. The summed E-state index contributed by atoms with van der Waals surface area (Å²) in [6.07, 6.45) is 0. The molecule has 0 saturated carbocycles. The Morgan fingerprint density at radius 2 is 1.10 bits per heavy atom. The minimum atomic E-state index is -4.19. The molecule has 6 aromatic rings. The van der Waals surface area contributed by atoms with Gasteiger partial charge in [-0.25, -0.2) is 23.1 Å². The second-order valence-corrected chi connectivity index (χ2v) is 13.0. The zero-order chi connectivity index (χ0) is 28.1. The maximum atomic E-state index is 13.0. The summed E-state index contributed by atoms with van der Waals surface area (Å²) >= 11 is 12.6. The van der Waals surface area contributed by atoms with Crippen molar-refractivity contribution in [1.82, 2.24) is 14.7 Å². The van der Waals surface area contributed by atoms with Crippen LogP contribution in [0.15, 0.2) is 94.7 Å². The van der Waals surface area contributed by atoms with Gasteiger partial charge in [0.15, 0.2) is 0 Å². The van der Waals surface area contributed by atoms with Crippen LogP contribution in [0.1, 0.15) is 0 Å². The topological polar surface area (TPSA) is 115 Å². The van der Waals surface area contributed by atoms with Gasteiger partial charge in [0.2, 0.25) is 10.0 Å². The number of hydrogen-bond donors (Lipinski definition) is 1. The van der Waals surface area contributed by atoms with Gasteiger partial charge in [-0.1, -0.05) is 71.7 Å². The predicted molar refractivity (Wildman–Crippen MR) is 157 cm³/mol. The quantitative estimate of drug-likeness (QED) is 0.101. The van der Waals surface area contributed by atoms with E-state index in [4.69, 9.17) is 27.4 Å². The molecule has 0 saturated heterocycles. The molecule has 0 amide bonds. The van der Waals surface area contributed by atoms with Crippen LogP contribution >= 0.6 is 23.2 Å². The molecule has 12 heteroatoms. The van der Waals surface area contributed by atoms with E-state index in [0.717, 1.165) is 10.8 Å². The lowest BCUT2D eigenvalue weighted by Gasteiger charge is -2.11. The average molecular weight is 613 g/mol.